The number of anilines is 1. The Morgan fingerprint density at radius 3 is 2.52 bits per heavy atom. The van der Waals surface area contributed by atoms with E-state index in [1.165, 1.54) is 24.3 Å². The van der Waals surface area contributed by atoms with Gasteiger partial charge in [0.25, 0.3) is 5.91 Å². The third kappa shape index (κ3) is 3.46. The van der Waals surface area contributed by atoms with Crippen LogP contribution in [0.25, 0.3) is 0 Å². The Labute approximate surface area is 128 Å². The summed E-state index contributed by atoms with van der Waals surface area (Å²) >= 11 is 3.17. The summed E-state index contributed by atoms with van der Waals surface area (Å²) in [5.74, 6) is -2.25. The second-order valence-corrected chi connectivity index (χ2v) is 5.32. The number of amides is 1. The van der Waals surface area contributed by atoms with Gasteiger partial charge in [-0.25, -0.2) is 9.18 Å². The Morgan fingerprint density at radius 1 is 1.14 bits per heavy atom. The van der Waals surface area contributed by atoms with Gasteiger partial charge in [-0.15, -0.1) is 0 Å². The van der Waals surface area contributed by atoms with Crippen molar-refractivity contribution < 1.29 is 19.1 Å². The summed E-state index contributed by atoms with van der Waals surface area (Å²) in [5, 5.41) is 11.6. The average molecular weight is 352 g/mol. The van der Waals surface area contributed by atoms with Gasteiger partial charge >= 0.3 is 5.97 Å². The number of hydrogen-bond acceptors (Lipinski definition) is 2. The topological polar surface area (TPSA) is 66.4 Å². The molecule has 0 saturated carbocycles. The molecule has 0 radical (unpaired) electrons. The van der Waals surface area contributed by atoms with Crippen LogP contribution in [-0.4, -0.2) is 17.0 Å². The zero-order valence-corrected chi connectivity index (χ0v) is 12.6. The van der Waals surface area contributed by atoms with Gasteiger partial charge in [-0.05, 0) is 42.8 Å². The van der Waals surface area contributed by atoms with Crippen LogP contribution < -0.4 is 5.32 Å². The maximum atomic E-state index is 13.2. The molecule has 0 fully saturated rings. The van der Waals surface area contributed by atoms with Gasteiger partial charge in [-0.3, -0.25) is 4.79 Å². The van der Waals surface area contributed by atoms with Crippen molar-refractivity contribution in [3.8, 4) is 0 Å². The summed E-state index contributed by atoms with van der Waals surface area (Å²) in [6, 6.07) is 8.33. The maximum Gasteiger partial charge on any atom is 0.337 e. The molecule has 2 N–H and O–H groups in total. The van der Waals surface area contributed by atoms with Gasteiger partial charge in [-0.1, -0.05) is 22.0 Å². The van der Waals surface area contributed by atoms with E-state index in [9.17, 15) is 14.0 Å². The van der Waals surface area contributed by atoms with Crippen LogP contribution in [0.3, 0.4) is 0 Å². The van der Waals surface area contributed by atoms with Gasteiger partial charge in [-0.2, -0.15) is 0 Å². The van der Waals surface area contributed by atoms with E-state index < -0.39 is 17.7 Å². The summed E-state index contributed by atoms with van der Waals surface area (Å²) in [7, 11) is 0. The second kappa shape index (κ2) is 6.05. The summed E-state index contributed by atoms with van der Waals surface area (Å²) in [6.45, 7) is 1.67. The summed E-state index contributed by atoms with van der Waals surface area (Å²) in [4.78, 5) is 23.3. The highest BCUT2D eigenvalue weighted by Gasteiger charge is 2.15. The normalized spacial score (nSPS) is 10.2. The highest BCUT2D eigenvalue weighted by Crippen LogP contribution is 2.22. The third-order valence-electron chi connectivity index (χ3n) is 2.90. The number of halogens is 2. The molecule has 2 rings (SSSR count). The molecule has 2 aromatic rings. The summed E-state index contributed by atoms with van der Waals surface area (Å²) in [5.41, 5.74) is 0.864. The fourth-order valence-corrected chi connectivity index (χ4v) is 2.19. The van der Waals surface area contributed by atoms with Crippen LogP contribution in [0, 0.1) is 12.7 Å². The first kappa shape index (κ1) is 15.2. The molecule has 0 heterocycles. The second-order valence-electron chi connectivity index (χ2n) is 4.41. The number of carboxylic acid groups (broad SMARTS) is 1. The fourth-order valence-electron chi connectivity index (χ4n) is 1.83. The van der Waals surface area contributed by atoms with E-state index in [-0.39, 0.29) is 16.8 Å². The molecule has 0 aliphatic heterocycles. The molecule has 2 aromatic carbocycles. The van der Waals surface area contributed by atoms with E-state index >= 15 is 0 Å². The SMILES string of the molecule is Cc1ccc(F)cc1C(=O)Nc1ccc(Br)cc1C(=O)O. The predicted molar refractivity (Wildman–Crippen MR) is 80.2 cm³/mol. The van der Waals surface area contributed by atoms with Crippen molar-refractivity contribution in [2.45, 2.75) is 6.92 Å². The van der Waals surface area contributed by atoms with Gasteiger partial charge in [0.2, 0.25) is 0 Å². The van der Waals surface area contributed by atoms with Crippen LogP contribution in [0.1, 0.15) is 26.3 Å². The molecule has 0 aliphatic rings. The van der Waals surface area contributed by atoms with E-state index in [0.717, 1.165) is 6.07 Å². The molecule has 4 nitrogen and oxygen atoms in total. The zero-order chi connectivity index (χ0) is 15.6. The molecule has 0 aliphatic carbocycles. The molecule has 0 spiro atoms. The van der Waals surface area contributed by atoms with Crippen LogP contribution in [0.15, 0.2) is 40.9 Å². The standard InChI is InChI=1S/C15H11BrFNO3/c1-8-2-4-10(17)7-11(8)14(19)18-13-5-3-9(16)6-12(13)15(20)21/h2-7H,1H3,(H,18,19)(H,20,21). The lowest BCUT2D eigenvalue weighted by molar-refractivity contribution is 0.0698. The predicted octanol–water partition coefficient (Wildman–Crippen LogP) is 3.85. The Hall–Kier alpha value is -2.21. The van der Waals surface area contributed by atoms with Crippen LogP contribution >= 0.6 is 15.9 Å². The number of carbonyl (C=O) groups is 2. The van der Waals surface area contributed by atoms with E-state index in [1.807, 2.05) is 0 Å². The minimum absolute atomic E-state index is 0.0493. The third-order valence-corrected chi connectivity index (χ3v) is 3.40. The van der Waals surface area contributed by atoms with Crippen LogP contribution in [0.2, 0.25) is 0 Å². The smallest absolute Gasteiger partial charge is 0.337 e. The maximum absolute atomic E-state index is 13.2. The monoisotopic (exact) mass is 351 g/mol. The fraction of sp³-hybridized carbons (Fsp3) is 0.0667. The lowest BCUT2D eigenvalue weighted by Gasteiger charge is -2.10. The Bertz CT molecular complexity index is 731. The van der Waals surface area contributed by atoms with Crippen LogP contribution in [-0.2, 0) is 0 Å². The minimum atomic E-state index is -1.16. The molecule has 0 bridgehead atoms. The molecular formula is C15H11BrFNO3. The van der Waals surface area contributed by atoms with E-state index in [2.05, 4.69) is 21.2 Å². The number of nitrogens with one attached hydrogen (secondary N) is 1. The number of benzene rings is 2. The number of aryl methyl sites for hydroxylation is 1. The quantitative estimate of drug-likeness (QED) is 0.882. The molecule has 21 heavy (non-hydrogen) atoms. The molecule has 0 aromatic heterocycles. The number of rotatable bonds is 3. The average Bonchev–Trinajstić information content (AvgIpc) is 2.43. The number of hydrogen-bond donors (Lipinski definition) is 2. The van der Waals surface area contributed by atoms with Crippen molar-refractivity contribution >= 4 is 33.5 Å². The molecular weight excluding hydrogens is 341 g/mol. The van der Waals surface area contributed by atoms with Gasteiger partial charge in [0, 0.05) is 10.0 Å². The minimum Gasteiger partial charge on any atom is -0.478 e. The highest BCUT2D eigenvalue weighted by atomic mass is 79.9. The first-order chi connectivity index (χ1) is 9.88. The highest BCUT2D eigenvalue weighted by molar-refractivity contribution is 9.10. The van der Waals surface area contributed by atoms with Crippen molar-refractivity contribution in [1.29, 1.82) is 0 Å². The van der Waals surface area contributed by atoms with Gasteiger partial charge in [0.05, 0.1) is 11.3 Å². The number of carbonyl (C=O) groups excluding carboxylic acids is 1. The molecule has 108 valence electrons. The van der Waals surface area contributed by atoms with Crippen molar-refractivity contribution in [3.05, 3.63) is 63.4 Å². The van der Waals surface area contributed by atoms with Gasteiger partial charge in [0.1, 0.15) is 5.82 Å². The number of aromatic carboxylic acids is 1. The largest absolute Gasteiger partial charge is 0.478 e. The molecule has 0 unspecified atom stereocenters. The van der Waals surface area contributed by atoms with E-state index in [0.29, 0.717) is 10.0 Å². The van der Waals surface area contributed by atoms with E-state index in [1.54, 1.807) is 13.0 Å². The Kier molecular flexibility index (Phi) is 4.37. The first-order valence-electron chi connectivity index (χ1n) is 5.99. The van der Waals surface area contributed by atoms with Crippen molar-refractivity contribution in [2.24, 2.45) is 0 Å². The lowest BCUT2D eigenvalue weighted by Crippen LogP contribution is -2.16. The lowest BCUT2D eigenvalue weighted by atomic mass is 10.1. The summed E-state index contributed by atoms with van der Waals surface area (Å²) in [6.07, 6.45) is 0. The summed E-state index contributed by atoms with van der Waals surface area (Å²) < 4.78 is 13.8. The van der Waals surface area contributed by atoms with Crippen molar-refractivity contribution in [1.82, 2.24) is 0 Å². The first-order valence-corrected chi connectivity index (χ1v) is 6.78. The van der Waals surface area contributed by atoms with Crippen LogP contribution in [0.4, 0.5) is 10.1 Å². The van der Waals surface area contributed by atoms with Crippen LogP contribution in [0.5, 0.6) is 0 Å². The Morgan fingerprint density at radius 2 is 1.86 bits per heavy atom. The van der Waals surface area contributed by atoms with Crippen molar-refractivity contribution in [3.63, 3.8) is 0 Å². The molecule has 0 saturated heterocycles. The van der Waals surface area contributed by atoms with E-state index in [4.69, 9.17) is 5.11 Å². The molecule has 1 amide bonds. The number of carboxylic acids is 1. The van der Waals surface area contributed by atoms with Gasteiger partial charge in [0.15, 0.2) is 0 Å². The van der Waals surface area contributed by atoms with Gasteiger partial charge < -0.3 is 10.4 Å². The van der Waals surface area contributed by atoms with Crippen molar-refractivity contribution in [2.75, 3.05) is 5.32 Å². The zero-order valence-electron chi connectivity index (χ0n) is 11.0. The Balaban J connectivity index is 2.36. The molecule has 0 atom stereocenters. The molecule has 6 heteroatoms.